The maximum absolute atomic E-state index is 9.13. The normalized spacial score (nSPS) is 23.3. The van der Waals surface area contributed by atoms with E-state index in [1.807, 2.05) is 18.3 Å². The van der Waals surface area contributed by atoms with Crippen LogP contribution in [0.1, 0.15) is 57.6 Å². The van der Waals surface area contributed by atoms with E-state index in [4.69, 9.17) is 10.2 Å². The number of likely N-dealkylation sites (tertiary alicyclic amines) is 2. The summed E-state index contributed by atoms with van der Waals surface area (Å²) in [6.07, 6.45) is 6.65. The first-order valence-electron chi connectivity index (χ1n) is 13.2. The van der Waals surface area contributed by atoms with Gasteiger partial charge >= 0.3 is 0 Å². The van der Waals surface area contributed by atoms with Gasteiger partial charge in [-0.15, -0.1) is 0 Å². The second kappa shape index (κ2) is 10.8. The Balaban J connectivity index is 1.36. The second-order valence-corrected chi connectivity index (χ2v) is 10.3. The van der Waals surface area contributed by atoms with Gasteiger partial charge in [0.05, 0.1) is 11.6 Å². The van der Waals surface area contributed by atoms with Crippen molar-refractivity contribution in [3.63, 3.8) is 0 Å². The van der Waals surface area contributed by atoms with E-state index in [9.17, 15) is 0 Å². The molecule has 0 amide bonds. The summed E-state index contributed by atoms with van der Waals surface area (Å²) in [5.74, 6) is 2.88. The lowest BCUT2D eigenvalue weighted by molar-refractivity contribution is 0.0735. The largest absolute Gasteiger partial charge is 0.367 e. The third kappa shape index (κ3) is 5.15. The predicted octanol–water partition coefficient (Wildman–Crippen LogP) is 4.47. The standard InChI is InChI=1S/C27H37N9/c1-4-20-12-19(13-21(5-2)36(20)11-7-9-28)30-27-22-8-6-10-29-24(22)15-25(32-27)31-26-14-23(33-34-26)18-16-35(3)17-18/h6,8,10,14-15,18-21H,4-5,7,11-13,16-17H2,1-3H3,(H3,30,31,32,33,34). The van der Waals surface area contributed by atoms with E-state index < -0.39 is 0 Å². The fraction of sp³-hybridized carbons (Fsp3) is 0.556. The zero-order valence-electron chi connectivity index (χ0n) is 21.5. The van der Waals surface area contributed by atoms with Gasteiger partial charge in [0, 0.05) is 79.5 Å². The Morgan fingerprint density at radius 3 is 2.61 bits per heavy atom. The predicted molar refractivity (Wildman–Crippen MR) is 143 cm³/mol. The van der Waals surface area contributed by atoms with E-state index in [0.29, 0.717) is 30.5 Å². The van der Waals surface area contributed by atoms with Gasteiger partial charge in [0.25, 0.3) is 0 Å². The number of anilines is 3. The molecule has 2 unspecified atom stereocenters. The number of H-pyrrole nitrogens is 1. The minimum Gasteiger partial charge on any atom is -0.367 e. The number of rotatable bonds is 9. The molecule has 5 rings (SSSR count). The molecular weight excluding hydrogens is 450 g/mol. The summed E-state index contributed by atoms with van der Waals surface area (Å²) in [7, 11) is 2.13. The molecule has 5 heterocycles. The molecule has 0 aromatic carbocycles. The average molecular weight is 488 g/mol. The minimum atomic E-state index is 0.317. The van der Waals surface area contributed by atoms with Gasteiger partial charge in [-0.3, -0.25) is 15.0 Å². The molecule has 3 aromatic heterocycles. The highest BCUT2D eigenvalue weighted by Gasteiger charge is 2.34. The van der Waals surface area contributed by atoms with Crippen molar-refractivity contribution in [1.82, 2.24) is 30.0 Å². The molecule has 36 heavy (non-hydrogen) atoms. The van der Waals surface area contributed by atoms with Gasteiger partial charge in [-0.05, 0) is 44.9 Å². The van der Waals surface area contributed by atoms with Gasteiger partial charge in [0.1, 0.15) is 11.6 Å². The second-order valence-electron chi connectivity index (χ2n) is 10.3. The molecule has 0 radical (unpaired) electrons. The van der Waals surface area contributed by atoms with Gasteiger partial charge in [-0.2, -0.15) is 10.4 Å². The van der Waals surface area contributed by atoms with Crippen LogP contribution in [-0.2, 0) is 0 Å². The van der Waals surface area contributed by atoms with Crippen molar-refractivity contribution in [3.8, 4) is 6.07 Å². The van der Waals surface area contributed by atoms with Crippen LogP contribution < -0.4 is 10.6 Å². The lowest BCUT2D eigenvalue weighted by Gasteiger charge is -2.45. The van der Waals surface area contributed by atoms with Crippen LogP contribution in [0.3, 0.4) is 0 Å². The van der Waals surface area contributed by atoms with Crippen molar-refractivity contribution < 1.29 is 0 Å². The summed E-state index contributed by atoms with van der Waals surface area (Å²) in [4.78, 5) is 14.5. The van der Waals surface area contributed by atoms with Crippen LogP contribution in [0.5, 0.6) is 0 Å². The molecule has 0 aliphatic carbocycles. The molecule has 190 valence electrons. The molecule has 2 aliphatic rings. The number of fused-ring (bicyclic) bond motifs is 1. The number of piperidine rings is 1. The van der Waals surface area contributed by atoms with Crippen molar-refractivity contribution in [3.05, 3.63) is 36.2 Å². The molecule has 2 fully saturated rings. The first kappa shape index (κ1) is 24.5. The fourth-order valence-electron chi connectivity index (χ4n) is 5.87. The maximum atomic E-state index is 9.13. The van der Waals surface area contributed by atoms with Gasteiger partial charge in [-0.1, -0.05) is 13.8 Å². The number of aromatic nitrogens is 4. The highest BCUT2D eigenvalue weighted by atomic mass is 15.2. The first-order valence-corrected chi connectivity index (χ1v) is 13.2. The number of hydrogen-bond donors (Lipinski definition) is 3. The van der Waals surface area contributed by atoms with Gasteiger partial charge in [0.15, 0.2) is 5.82 Å². The van der Waals surface area contributed by atoms with Crippen LogP contribution in [0.25, 0.3) is 10.9 Å². The Labute approximate surface area is 213 Å². The smallest absolute Gasteiger partial charge is 0.153 e. The van der Waals surface area contributed by atoms with Crippen LogP contribution in [0.4, 0.5) is 17.5 Å². The monoisotopic (exact) mass is 487 g/mol. The Hall–Kier alpha value is -3.22. The molecule has 3 N–H and O–H groups in total. The number of pyridine rings is 2. The Morgan fingerprint density at radius 1 is 1.14 bits per heavy atom. The Bertz CT molecular complexity index is 1200. The minimum absolute atomic E-state index is 0.317. The molecule has 9 heteroatoms. The van der Waals surface area contributed by atoms with E-state index in [0.717, 1.165) is 79.4 Å². The van der Waals surface area contributed by atoms with Gasteiger partial charge in [-0.25, -0.2) is 4.98 Å². The van der Waals surface area contributed by atoms with Crippen LogP contribution in [0.2, 0.25) is 0 Å². The summed E-state index contributed by atoms with van der Waals surface area (Å²) in [5, 5.41) is 25.0. The number of nitriles is 1. The summed E-state index contributed by atoms with van der Waals surface area (Å²) >= 11 is 0. The number of hydrogen-bond acceptors (Lipinski definition) is 8. The fourth-order valence-corrected chi connectivity index (χ4v) is 5.87. The van der Waals surface area contributed by atoms with Gasteiger partial charge < -0.3 is 15.5 Å². The van der Waals surface area contributed by atoms with E-state index in [1.54, 1.807) is 0 Å². The van der Waals surface area contributed by atoms with E-state index in [-0.39, 0.29) is 0 Å². The quantitative estimate of drug-likeness (QED) is 0.406. The van der Waals surface area contributed by atoms with Crippen molar-refractivity contribution >= 4 is 28.4 Å². The number of nitrogens with zero attached hydrogens (tertiary/aromatic N) is 6. The molecule has 2 aliphatic heterocycles. The van der Waals surface area contributed by atoms with E-state index >= 15 is 0 Å². The van der Waals surface area contributed by atoms with Crippen molar-refractivity contribution in [2.45, 2.75) is 70.0 Å². The van der Waals surface area contributed by atoms with Crippen molar-refractivity contribution in [1.29, 1.82) is 5.26 Å². The molecule has 3 aromatic rings. The zero-order valence-corrected chi connectivity index (χ0v) is 21.5. The van der Waals surface area contributed by atoms with Crippen LogP contribution in [-0.4, -0.2) is 74.8 Å². The first-order chi connectivity index (χ1) is 17.6. The third-order valence-corrected chi connectivity index (χ3v) is 7.77. The molecular formula is C27H37N9. The third-order valence-electron chi connectivity index (χ3n) is 7.77. The molecule has 0 saturated carbocycles. The van der Waals surface area contributed by atoms with E-state index in [1.165, 1.54) is 0 Å². The summed E-state index contributed by atoms with van der Waals surface area (Å²) in [6, 6.07) is 11.7. The highest BCUT2D eigenvalue weighted by Crippen LogP contribution is 2.32. The maximum Gasteiger partial charge on any atom is 0.153 e. The molecule has 2 saturated heterocycles. The lowest BCUT2D eigenvalue weighted by Crippen LogP contribution is -2.52. The molecule has 2 atom stereocenters. The topological polar surface area (TPSA) is 109 Å². The average Bonchev–Trinajstić information content (AvgIpc) is 3.33. The summed E-state index contributed by atoms with van der Waals surface area (Å²) in [6.45, 7) is 7.47. The molecule has 0 spiro atoms. The van der Waals surface area contributed by atoms with Crippen molar-refractivity contribution in [2.75, 3.05) is 37.3 Å². The Morgan fingerprint density at radius 2 is 1.92 bits per heavy atom. The van der Waals surface area contributed by atoms with Gasteiger partial charge in [0.2, 0.25) is 0 Å². The van der Waals surface area contributed by atoms with Crippen LogP contribution in [0, 0.1) is 11.3 Å². The van der Waals surface area contributed by atoms with Crippen LogP contribution in [0.15, 0.2) is 30.5 Å². The number of nitrogens with one attached hydrogen (secondary N) is 3. The molecule has 9 nitrogen and oxygen atoms in total. The summed E-state index contributed by atoms with van der Waals surface area (Å²) in [5.41, 5.74) is 2.06. The lowest BCUT2D eigenvalue weighted by atomic mass is 9.88. The van der Waals surface area contributed by atoms with E-state index in [2.05, 4.69) is 74.7 Å². The number of likely N-dealkylation sites (N-methyl/N-ethyl adjacent to an activating group) is 1. The number of aromatic amines is 1. The highest BCUT2D eigenvalue weighted by molar-refractivity contribution is 5.91. The van der Waals surface area contributed by atoms with Crippen LogP contribution >= 0.6 is 0 Å². The van der Waals surface area contributed by atoms with Crippen molar-refractivity contribution in [2.24, 2.45) is 0 Å². The molecule has 0 bridgehead atoms. The SMILES string of the molecule is CCC1CC(Nc2nc(Nc3cc(C4CN(C)C4)[nH]n3)cc3ncccc23)CC(CC)N1CCC#N. The Kier molecular flexibility index (Phi) is 7.35. The summed E-state index contributed by atoms with van der Waals surface area (Å²) < 4.78 is 0. The zero-order chi connectivity index (χ0) is 25.1.